The van der Waals surface area contributed by atoms with Crippen LogP contribution in [-0.2, 0) is 9.47 Å². The maximum absolute atomic E-state index is 9.30. The number of anilines is 1. The Kier molecular flexibility index (Phi) is 4.25. The molecule has 106 valence electrons. The zero-order valence-electron chi connectivity index (χ0n) is 11.2. The van der Waals surface area contributed by atoms with Crippen LogP contribution in [0, 0.1) is 11.3 Å². The van der Waals surface area contributed by atoms with Crippen LogP contribution < -0.4 is 4.90 Å². The molecule has 0 aromatic heterocycles. The van der Waals surface area contributed by atoms with Crippen molar-refractivity contribution in [2.45, 2.75) is 25.0 Å². The lowest BCUT2D eigenvalue weighted by Crippen LogP contribution is -2.47. The third-order valence-corrected chi connectivity index (χ3v) is 4.39. The number of rotatable bonds is 2. The molecular weight excluding hydrogens is 320 g/mol. The summed E-state index contributed by atoms with van der Waals surface area (Å²) in [4.78, 5) is 2.24. The lowest BCUT2D eigenvalue weighted by atomic mass is 10.1. The van der Waals surface area contributed by atoms with E-state index in [0.717, 1.165) is 42.7 Å². The van der Waals surface area contributed by atoms with Gasteiger partial charge in [0.15, 0.2) is 0 Å². The van der Waals surface area contributed by atoms with Gasteiger partial charge in [-0.1, -0.05) is 15.9 Å². The molecule has 0 saturated carbocycles. The average molecular weight is 337 g/mol. The van der Waals surface area contributed by atoms with Gasteiger partial charge in [0.25, 0.3) is 0 Å². The summed E-state index contributed by atoms with van der Waals surface area (Å²) in [6.07, 6.45) is 2.51. The van der Waals surface area contributed by atoms with Gasteiger partial charge in [0.2, 0.25) is 0 Å². The van der Waals surface area contributed by atoms with Crippen molar-refractivity contribution in [3.63, 3.8) is 0 Å². The van der Waals surface area contributed by atoms with Crippen LogP contribution in [-0.4, -0.2) is 38.5 Å². The number of ether oxygens (including phenoxy) is 2. The van der Waals surface area contributed by atoms with Gasteiger partial charge in [-0.15, -0.1) is 0 Å². The van der Waals surface area contributed by atoms with Gasteiger partial charge >= 0.3 is 0 Å². The second-order valence-corrected chi connectivity index (χ2v) is 6.10. The fraction of sp³-hybridized carbons (Fsp3) is 0.533. The van der Waals surface area contributed by atoms with E-state index in [-0.39, 0.29) is 12.2 Å². The molecule has 0 amide bonds. The lowest BCUT2D eigenvalue weighted by Gasteiger charge is -2.37. The van der Waals surface area contributed by atoms with Crippen LogP contribution in [0.25, 0.3) is 0 Å². The summed E-state index contributed by atoms with van der Waals surface area (Å²) >= 11 is 3.41. The first-order chi connectivity index (χ1) is 9.78. The van der Waals surface area contributed by atoms with Crippen molar-refractivity contribution >= 4 is 21.6 Å². The molecule has 1 aromatic carbocycles. The fourth-order valence-electron chi connectivity index (χ4n) is 2.89. The van der Waals surface area contributed by atoms with Crippen LogP contribution in [0.3, 0.4) is 0 Å². The van der Waals surface area contributed by atoms with Crippen molar-refractivity contribution in [3.05, 3.63) is 28.2 Å². The van der Waals surface area contributed by atoms with Crippen LogP contribution in [0.5, 0.6) is 0 Å². The minimum atomic E-state index is 0.112. The van der Waals surface area contributed by atoms with E-state index >= 15 is 0 Å². The summed E-state index contributed by atoms with van der Waals surface area (Å²) < 4.78 is 12.5. The van der Waals surface area contributed by atoms with Crippen molar-refractivity contribution in [2.75, 3.05) is 31.2 Å². The number of nitrogens with zero attached hydrogens (tertiary/aromatic N) is 2. The highest BCUT2D eigenvalue weighted by Gasteiger charge is 2.31. The van der Waals surface area contributed by atoms with Crippen molar-refractivity contribution in [3.8, 4) is 6.07 Å². The Bertz CT molecular complexity index is 523. The Hall–Kier alpha value is -1.09. The Morgan fingerprint density at radius 1 is 1.25 bits per heavy atom. The van der Waals surface area contributed by atoms with Gasteiger partial charge < -0.3 is 14.4 Å². The Balaban J connectivity index is 1.78. The molecule has 2 heterocycles. The van der Waals surface area contributed by atoms with Crippen LogP contribution in [0.2, 0.25) is 0 Å². The van der Waals surface area contributed by atoms with E-state index < -0.39 is 0 Å². The molecule has 2 aliphatic heterocycles. The molecule has 2 atom stereocenters. The predicted octanol–water partition coefficient (Wildman–Crippen LogP) is 2.70. The highest BCUT2D eigenvalue weighted by molar-refractivity contribution is 9.10. The molecule has 0 radical (unpaired) electrons. The first-order valence-corrected chi connectivity index (χ1v) is 7.75. The molecule has 20 heavy (non-hydrogen) atoms. The number of benzene rings is 1. The van der Waals surface area contributed by atoms with Gasteiger partial charge in [0.05, 0.1) is 24.0 Å². The molecule has 4 nitrogen and oxygen atoms in total. The number of nitriles is 1. The lowest BCUT2D eigenvalue weighted by molar-refractivity contribution is -0.0543. The Morgan fingerprint density at radius 2 is 2.10 bits per heavy atom. The molecular formula is C15H17BrN2O2. The maximum Gasteiger partial charge on any atom is 0.101 e. The van der Waals surface area contributed by atoms with Crippen molar-refractivity contribution in [1.29, 1.82) is 5.26 Å². The number of morpholine rings is 1. The van der Waals surface area contributed by atoms with E-state index in [1.807, 2.05) is 18.2 Å². The molecule has 2 aliphatic rings. The summed E-state index contributed by atoms with van der Waals surface area (Å²) in [5.41, 5.74) is 1.69. The molecule has 0 bridgehead atoms. The van der Waals surface area contributed by atoms with E-state index in [2.05, 4.69) is 26.9 Å². The smallest absolute Gasteiger partial charge is 0.101 e. The zero-order chi connectivity index (χ0) is 13.9. The molecule has 1 aromatic rings. The highest BCUT2D eigenvalue weighted by Crippen LogP contribution is 2.28. The first-order valence-electron chi connectivity index (χ1n) is 6.96. The van der Waals surface area contributed by atoms with Crippen molar-refractivity contribution in [1.82, 2.24) is 0 Å². The largest absolute Gasteiger partial charge is 0.375 e. The van der Waals surface area contributed by atoms with Gasteiger partial charge in [0, 0.05) is 24.2 Å². The Labute approximate surface area is 127 Å². The summed E-state index contributed by atoms with van der Waals surface area (Å²) in [5, 5.41) is 9.30. The fourth-order valence-corrected chi connectivity index (χ4v) is 3.25. The summed E-state index contributed by atoms with van der Waals surface area (Å²) in [6.45, 7) is 3.14. The minimum Gasteiger partial charge on any atom is -0.375 e. The van der Waals surface area contributed by atoms with Crippen LogP contribution in [0.15, 0.2) is 22.7 Å². The van der Waals surface area contributed by atoms with Crippen LogP contribution in [0.1, 0.15) is 18.4 Å². The van der Waals surface area contributed by atoms with Crippen LogP contribution >= 0.6 is 15.9 Å². The molecule has 5 heteroatoms. The standard InChI is InChI=1S/C15H17BrN2O2/c16-12-3-4-13(11(8-12)9-17)18-5-7-20-15(10-18)14-2-1-6-19-14/h3-4,8,14-15H,1-2,5-7,10H2/t14-,15-/m0/s1. The summed E-state index contributed by atoms with van der Waals surface area (Å²) in [6, 6.07) is 8.12. The second kappa shape index (κ2) is 6.13. The molecule has 0 N–H and O–H groups in total. The van der Waals surface area contributed by atoms with Gasteiger partial charge in [-0.25, -0.2) is 0 Å². The normalized spacial score (nSPS) is 26.5. The molecule has 0 aliphatic carbocycles. The monoisotopic (exact) mass is 336 g/mol. The highest BCUT2D eigenvalue weighted by atomic mass is 79.9. The van der Waals surface area contributed by atoms with Crippen LogP contribution in [0.4, 0.5) is 5.69 Å². The minimum absolute atomic E-state index is 0.112. The van der Waals surface area contributed by atoms with E-state index in [1.54, 1.807) is 0 Å². The average Bonchev–Trinajstić information content (AvgIpc) is 3.01. The topological polar surface area (TPSA) is 45.5 Å². The maximum atomic E-state index is 9.30. The molecule has 0 unspecified atom stereocenters. The third kappa shape index (κ3) is 2.83. The number of hydrogen-bond acceptors (Lipinski definition) is 4. The molecule has 3 rings (SSSR count). The molecule has 0 spiro atoms. The summed E-state index contributed by atoms with van der Waals surface area (Å²) in [7, 11) is 0. The second-order valence-electron chi connectivity index (χ2n) is 5.18. The molecule has 2 saturated heterocycles. The van der Waals surface area contributed by atoms with Gasteiger partial charge in [-0.2, -0.15) is 5.26 Å². The molecule has 2 fully saturated rings. The number of halogens is 1. The van der Waals surface area contributed by atoms with E-state index in [1.165, 1.54) is 0 Å². The van der Waals surface area contributed by atoms with Crippen molar-refractivity contribution < 1.29 is 9.47 Å². The SMILES string of the molecule is N#Cc1cc(Br)ccc1N1CCO[C@H]([C@@H]2CCCO2)C1. The number of hydrogen-bond donors (Lipinski definition) is 0. The van der Waals surface area contributed by atoms with E-state index in [4.69, 9.17) is 9.47 Å². The van der Waals surface area contributed by atoms with Gasteiger partial charge in [0.1, 0.15) is 12.2 Å². The third-order valence-electron chi connectivity index (χ3n) is 3.89. The van der Waals surface area contributed by atoms with Gasteiger partial charge in [-0.05, 0) is 31.0 Å². The summed E-state index contributed by atoms with van der Waals surface area (Å²) in [5.74, 6) is 0. The van der Waals surface area contributed by atoms with E-state index in [0.29, 0.717) is 12.2 Å². The predicted molar refractivity (Wildman–Crippen MR) is 79.8 cm³/mol. The Morgan fingerprint density at radius 3 is 2.85 bits per heavy atom. The van der Waals surface area contributed by atoms with E-state index in [9.17, 15) is 5.26 Å². The van der Waals surface area contributed by atoms with Gasteiger partial charge in [-0.3, -0.25) is 0 Å². The first kappa shape index (κ1) is 13.9. The quantitative estimate of drug-likeness (QED) is 0.832. The van der Waals surface area contributed by atoms with Crippen molar-refractivity contribution in [2.24, 2.45) is 0 Å². The zero-order valence-corrected chi connectivity index (χ0v) is 12.8.